The molecule has 1 fully saturated rings. The average molecular weight is 259 g/mol. The number of hydrogen-bond acceptors (Lipinski definition) is 6. The first-order valence-electron chi connectivity index (χ1n) is 5.58. The summed E-state index contributed by atoms with van der Waals surface area (Å²) in [4.78, 5) is 34.9. The third-order valence-corrected chi connectivity index (χ3v) is 2.69. The Kier molecular flexibility index (Phi) is 4.62. The molecule has 1 rings (SSSR count). The Morgan fingerprint density at radius 2 is 2.17 bits per heavy atom. The SMILES string of the molecule is CCOC(=O)NC(=O)CN1CCC(N)(C(=O)O)C1. The third-order valence-electron chi connectivity index (χ3n) is 2.69. The lowest BCUT2D eigenvalue weighted by atomic mass is 10.0. The predicted octanol–water partition coefficient (Wildman–Crippen LogP) is -1.25. The van der Waals surface area contributed by atoms with E-state index in [2.05, 4.69) is 4.74 Å². The van der Waals surface area contributed by atoms with E-state index in [0.717, 1.165) is 0 Å². The zero-order valence-electron chi connectivity index (χ0n) is 10.1. The minimum atomic E-state index is -1.32. The molecule has 0 bridgehead atoms. The van der Waals surface area contributed by atoms with Crippen molar-refractivity contribution in [2.75, 3.05) is 26.2 Å². The number of carboxylic acids is 1. The van der Waals surface area contributed by atoms with Crippen molar-refractivity contribution in [2.24, 2.45) is 5.73 Å². The second kappa shape index (κ2) is 5.78. The van der Waals surface area contributed by atoms with Crippen molar-refractivity contribution >= 4 is 18.0 Å². The molecule has 0 aromatic carbocycles. The lowest BCUT2D eigenvalue weighted by Gasteiger charge is -2.19. The number of carbonyl (C=O) groups excluding carboxylic acids is 2. The fraction of sp³-hybridized carbons (Fsp3) is 0.700. The van der Waals surface area contributed by atoms with Gasteiger partial charge in [-0.15, -0.1) is 0 Å². The summed E-state index contributed by atoms with van der Waals surface area (Å²) in [6.07, 6.45) is -0.534. The van der Waals surface area contributed by atoms with Crippen LogP contribution < -0.4 is 11.1 Å². The summed E-state index contributed by atoms with van der Waals surface area (Å²) >= 11 is 0. The number of carboxylic acid groups (broad SMARTS) is 1. The van der Waals surface area contributed by atoms with Crippen LogP contribution in [0.3, 0.4) is 0 Å². The second-order valence-corrected chi connectivity index (χ2v) is 4.19. The van der Waals surface area contributed by atoms with Gasteiger partial charge in [-0.25, -0.2) is 4.79 Å². The Labute approximate surface area is 104 Å². The van der Waals surface area contributed by atoms with E-state index in [0.29, 0.717) is 6.54 Å². The van der Waals surface area contributed by atoms with E-state index >= 15 is 0 Å². The number of carbonyl (C=O) groups is 3. The molecular weight excluding hydrogens is 242 g/mol. The van der Waals surface area contributed by atoms with Crippen molar-refractivity contribution in [3.05, 3.63) is 0 Å². The van der Waals surface area contributed by atoms with Crippen LogP contribution in [0.1, 0.15) is 13.3 Å². The molecule has 18 heavy (non-hydrogen) atoms. The number of likely N-dealkylation sites (tertiary alicyclic amines) is 1. The van der Waals surface area contributed by atoms with Crippen LogP contribution in [-0.2, 0) is 14.3 Å². The molecule has 0 saturated carbocycles. The Balaban J connectivity index is 2.39. The van der Waals surface area contributed by atoms with Gasteiger partial charge in [0, 0.05) is 13.1 Å². The van der Waals surface area contributed by atoms with Gasteiger partial charge >= 0.3 is 12.1 Å². The van der Waals surface area contributed by atoms with Crippen molar-refractivity contribution in [3.8, 4) is 0 Å². The van der Waals surface area contributed by atoms with Crippen molar-refractivity contribution in [1.82, 2.24) is 10.2 Å². The van der Waals surface area contributed by atoms with Crippen LogP contribution in [-0.4, -0.2) is 59.8 Å². The summed E-state index contributed by atoms with van der Waals surface area (Å²) < 4.78 is 4.55. The number of imide groups is 1. The zero-order valence-corrected chi connectivity index (χ0v) is 10.1. The number of nitrogens with one attached hydrogen (secondary N) is 1. The van der Waals surface area contributed by atoms with Gasteiger partial charge in [-0.05, 0) is 13.3 Å². The standard InChI is InChI=1S/C10H17N3O5/c1-2-18-9(17)12-7(14)5-13-4-3-10(11,6-13)8(15)16/h2-6,11H2,1H3,(H,15,16)(H,12,14,17). The number of amides is 2. The number of nitrogens with two attached hydrogens (primary N) is 1. The Hall–Kier alpha value is -1.67. The lowest BCUT2D eigenvalue weighted by molar-refractivity contribution is -0.143. The number of nitrogens with zero attached hydrogens (tertiary/aromatic N) is 1. The van der Waals surface area contributed by atoms with E-state index in [1.807, 2.05) is 5.32 Å². The summed E-state index contributed by atoms with van der Waals surface area (Å²) in [6.45, 7) is 2.20. The van der Waals surface area contributed by atoms with Gasteiger partial charge in [0.25, 0.3) is 0 Å². The van der Waals surface area contributed by atoms with E-state index in [9.17, 15) is 14.4 Å². The lowest BCUT2D eigenvalue weighted by Crippen LogP contribution is -2.51. The molecule has 2 amide bonds. The Morgan fingerprint density at radius 3 is 2.67 bits per heavy atom. The normalized spacial score (nSPS) is 23.7. The van der Waals surface area contributed by atoms with Crippen LogP contribution in [0.15, 0.2) is 0 Å². The fourth-order valence-corrected chi connectivity index (χ4v) is 1.75. The molecule has 1 heterocycles. The Bertz CT molecular complexity index is 359. The molecule has 1 unspecified atom stereocenters. The molecule has 8 nitrogen and oxygen atoms in total. The maximum atomic E-state index is 11.4. The minimum Gasteiger partial charge on any atom is -0.480 e. The van der Waals surface area contributed by atoms with Gasteiger partial charge in [0.2, 0.25) is 5.91 Å². The maximum absolute atomic E-state index is 11.4. The van der Waals surface area contributed by atoms with Crippen LogP contribution in [0.2, 0.25) is 0 Å². The van der Waals surface area contributed by atoms with Gasteiger partial charge in [-0.2, -0.15) is 0 Å². The van der Waals surface area contributed by atoms with E-state index in [1.54, 1.807) is 11.8 Å². The highest BCUT2D eigenvalue weighted by Crippen LogP contribution is 2.18. The summed E-state index contributed by atoms with van der Waals surface area (Å²) in [5, 5.41) is 10.9. The zero-order chi connectivity index (χ0) is 13.8. The van der Waals surface area contributed by atoms with E-state index in [-0.39, 0.29) is 26.1 Å². The van der Waals surface area contributed by atoms with Crippen molar-refractivity contribution < 1.29 is 24.2 Å². The van der Waals surface area contributed by atoms with E-state index in [1.165, 1.54) is 0 Å². The molecule has 1 aliphatic rings. The molecule has 8 heteroatoms. The first-order chi connectivity index (χ1) is 8.37. The van der Waals surface area contributed by atoms with Crippen LogP contribution in [0.25, 0.3) is 0 Å². The van der Waals surface area contributed by atoms with E-state index < -0.39 is 23.5 Å². The van der Waals surface area contributed by atoms with Gasteiger partial charge in [0.15, 0.2) is 0 Å². The molecule has 0 radical (unpaired) electrons. The van der Waals surface area contributed by atoms with Gasteiger partial charge < -0.3 is 15.6 Å². The van der Waals surface area contributed by atoms with Crippen molar-refractivity contribution in [1.29, 1.82) is 0 Å². The number of alkyl carbamates (subject to hydrolysis) is 1. The van der Waals surface area contributed by atoms with Crippen LogP contribution in [0, 0.1) is 0 Å². The highest BCUT2D eigenvalue weighted by Gasteiger charge is 2.41. The molecule has 0 aliphatic carbocycles. The number of aliphatic carboxylic acids is 1. The van der Waals surface area contributed by atoms with E-state index in [4.69, 9.17) is 10.8 Å². The van der Waals surface area contributed by atoms with Gasteiger partial charge in [0.1, 0.15) is 5.54 Å². The number of hydrogen-bond donors (Lipinski definition) is 3. The van der Waals surface area contributed by atoms with Crippen molar-refractivity contribution in [2.45, 2.75) is 18.9 Å². The van der Waals surface area contributed by atoms with Crippen LogP contribution in [0.4, 0.5) is 4.79 Å². The van der Waals surface area contributed by atoms with Crippen LogP contribution >= 0.6 is 0 Å². The smallest absolute Gasteiger partial charge is 0.413 e. The fourth-order valence-electron chi connectivity index (χ4n) is 1.75. The Morgan fingerprint density at radius 1 is 1.50 bits per heavy atom. The molecule has 0 aromatic heterocycles. The van der Waals surface area contributed by atoms with Crippen molar-refractivity contribution in [3.63, 3.8) is 0 Å². The predicted molar refractivity (Wildman–Crippen MR) is 60.8 cm³/mol. The molecule has 0 aromatic rings. The second-order valence-electron chi connectivity index (χ2n) is 4.19. The summed E-state index contributed by atoms with van der Waals surface area (Å²) in [7, 11) is 0. The molecule has 1 saturated heterocycles. The summed E-state index contributed by atoms with van der Waals surface area (Å²) in [5.41, 5.74) is 4.34. The van der Waals surface area contributed by atoms with Gasteiger partial charge in [-0.1, -0.05) is 0 Å². The summed E-state index contributed by atoms with van der Waals surface area (Å²) in [6, 6.07) is 0. The molecule has 1 atom stereocenters. The molecule has 0 spiro atoms. The topological polar surface area (TPSA) is 122 Å². The molecule has 102 valence electrons. The highest BCUT2D eigenvalue weighted by atomic mass is 16.5. The molecule has 1 aliphatic heterocycles. The quantitative estimate of drug-likeness (QED) is 0.576. The average Bonchev–Trinajstić information content (AvgIpc) is 2.61. The number of ether oxygens (including phenoxy) is 1. The largest absolute Gasteiger partial charge is 0.480 e. The van der Waals surface area contributed by atoms with Crippen LogP contribution in [0.5, 0.6) is 0 Å². The maximum Gasteiger partial charge on any atom is 0.413 e. The minimum absolute atomic E-state index is 0.0783. The first kappa shape index (κ1) is 14.4. The summed E-state index contributed by atoms with van der Waals surface area (Å²) in [5.74, 6) is -1.63. The van der Waals surface area contributed by atoms with Gasteiger partial charge in [0.05, 0.1) is 13.2 Å². The molecule has 4 N–H and O–H groups in total. The number of rotatable bonds is 4. The monoisotopic (exact) mass is 259 g/mol. The van der Waals surface area contributed by atoms with Gasteiger partial charge in [-0.3, -0.25) is 19.8 Å². The third kappa shape index (κ3) is 3.67. The highest BCUT2D eigenvalue weighted by molar-refractivity contribution is 5.93. The molecular formula is C10H17N3O5. The first-order valence-corrected chi connectivity index (χ1v) is 5.58.